The zero-order valence-electron chi connectivity index (χ0n) is 9.96. The molecule has 0 aliphatic rings. The van der Waals surface area contributed by atoms with E-state index in [9.17, 15) is 9.18 Å². The number of hydrogen-bond acceptors (Lipinski definition) is 4. The highest BCUT2D eigenvalue weighted by Crippen LogP contribution is 2.30. The molecule has 0 aliphatic heterocycles. The number of nitrogens with zero attached hydrogens (tertiary/aromatic N) is 1. The van der Waals surface area contributed by atoms with Crippen LogP contribution in [0.25, 0.3) is 0 Å². The Labute approximate surface area is 108 Å². The Hall–Kier alpha value is -2.63. The minimum absolute atomic E-state index is 0.00843. The zero-order valence-corrected chi connectivity index (χ0v) is 9.96. The SMILES string of the molecule is COc1cccnc1Oc1ccc(F)cc1C(=O)O. The molecule has 2 rings (SSSR count). The summed E-state index contributed by atoms with van der Waals surface area (Å²) in [6.07, 6.45) is 1.47. The van der Waals surface area contributed by atoms with Crippen molar-refractivity contribution < 1.29 is 23.8 Å². The highest BCUT2D eigenvalue weighted by atomic mass is 19.1. The standard InChI is InChI=1S/C13H10FNO4/c1-18-11-3-2-6-15-12(11)19-10-5-4-8(14)7-9(10)13(16)17/h2-7H,1H3,(H,16,17). The quantitative estimate of drug-likeness (QED) is 0.918. The van der Waals surface area contributed by atoms with Gasteiger partial charge in [0.1, 0.15) is 17.1 Å². The lowest BCUT2D eigenvalue weighted by atomic mass is 10.2. The highest BCUT2D eigenvalue weighted by molar-refractivity contribution is 5.91. The van der Waals surface area contributed by atoms with E-state index in [2.05, 4.69) is 4.98 Å². The highest BCUT2D eigenvalue weighted by Gasteiger charge is 2.15. The molecule has 0 spiro atoms. The van der Waals surface area contributed by atoms with Crippen LogP contribution in [0.4, 0.5) is 4.39 Å². The molecule has 0 radical (unpaired) electrons. The maximum Gasteiger partial charge on any atom is 0.339 e. The molecule has 19 heavy (non-hydrogen) atoms. The Morgan fingerprint density at radius 2 is 2.11 bits per heavy atom. The molecule has 0 saturated carbocycles. The van der Waals surface area contributed by atoms with Gasteiger partial charge in [0, 0.05) is 6.20 Å². The van der Waals surface area contributed by atoms with Crippen molar-refractivity contribution in [3.8, 4) is 17.4 Å². The van der Waals surface area contributed by atoms with Crippen molar-refractivity contribution >= 4 is 5.97 Å². The van der Waals surface area contributed by atoms with Crippen LogP contribution in [0, 0.1) is 5.82 Å². The lowest BCUT2D eigenvalue weighted by Crippen LogP contribution is -2.02. The molecule has 1 N–H and O–H groups in total. The van der Waals surface area contributed by atoms with Gasteiger partial charge in [0.05, 0.1) is 7.11 Å². The minimum atomic E-state index is -1.29. The third kappa shape index (κ3) is 2.79. The van der Waals surface area contributed by atoms with Crippen molar-refractivity contribution in [2.45, 2.75) is 0 Å². The van der Waals surface area contributed by atoms with E-state index in [1.54, 1.807) is 12.1 Å². The average molecular weight is 263 g/mol. The molecule has 1 heterocycles. The summed E-state index contributed by atoms with van der Waals surface area (Å²) in [6.45, 7) is 0. The molecule has 1 aromatic carbocycles. The van der Waals surface area contributed by atoms with Crippen molar-refractivity contribution in [1.29, 1.82) is 0 Å². The monoisotopic (exact) mass is 263 g/mol. The summed E-state index contributed by atoms with van der Waals surface area (Å²) < 4.78 is 23.4. The van der Waals surface area contributed by atoms with Crippen molar-refractivity contribution in [3.63, 3.8) is 0 Å². The third-order valence-corrected chi connectivity index (χ3v) is 2.33. The first kappa shape index (κ1) is 12.8. The van der Waals surface area contributed by atoms with Crippen molar-refractivity contribution in [2.24, 2.45) is 0 Å². The number of methoxy groups -OCH3 is 1. The first-order valence-corrected chi connectivity index (χ1v) is 5.31. The van der Waals surface area contributed by atoms with E-state index < -0.39 is 11.8 Å². The van der Waals surface area contributed by atoms with E-state index in [0.717, 1.165) is 12.1 Å². The van der Waals surface area contributed by atoms with Gasteiger partial charge in [-0.25, -0.2) is 14.2 Å². The second-order valence-corrected chi connectivity index (χ2v) is 3.56. The lowest BCUT2D eigenvalue weighted by Gasteiger charge is -2.10. The maximum atomic E-state index is 13.0. The largest absolute Gasteiger partial charge is 0.491 e. The minimum Gasteiger partial charge on any atom is -0.491 e. The molecule has 1 aromatic heterocycles. The van der Waals surface area contributed by atoms with Gasteiger partial charge in [-0.3, -0.25) is 0 Å². The van der Waals surface area contributed by atoms with Crippen LogP contribution in [0.2, 0.25) is 0 Å². The van der Waals surface area contributed by atoms with Crippen LogP contribution in [-0.4, -0.2) is 23.2 Å². The number of aromatic carboxylic acids is 1. The number of benzene rings is 1. The summed E-state index contributed by atoms with van der Waals surface area (Å²) in [6, 6.07) is 6.48. The molecular formula is C13H10FNO4. The zero-order chi connectivity index (χ0) is 13.8. The maximum absolute atomic E-state index is 13.0. The van der Waals surface area contributed by atoms with Crippen LogP contribution in [0.5, 0.6) is 17.4 Å². The van der Waals surface area contributed by atoms with Crippen molar-refractivity contribution in [3.05, 3.63) is 47.9 Å². The van der Waals surface area contributed by atoms with Crippen LogP contribution < -0.4 is 9.47 Å². The van der Waals surface area contributed by atoms with E-state index in [1.807, 2.05) is 0 Å². The van der Waals surface area contributed by atoms with E-state index >= 15 is 0 Å². The summed E-state index contributed by atoms with van der Waals surface area (Å²) in [5.41, 5.74) is -0.285. The number of carbonyl (C=O) groups is 1. The number of ether oxygens (including phenoxy) is 2. The number of hydrogen-bond donors (Lipinski definition) is 1. The van der Waals surface area contributed by atoms with Gasteiger partial charge in [0.15, 0.2) is 5.75 Å². The number of aromatic nitrogens is 1. The Morgan fingerprint density at radius 3 is 2.79 bits per heavy atom. The summed E-state index contributed by atoms with van der Waals surface area (Å²) in [4.78, 5) is 15.0. The molecule has 0 saturated heterocycles. The third-order valence-electron chi connectivity index (χ3n) is 2.33. The topological polar surface area (TPSA) is 68.7 Å². The lowest BCUT2D eigenvalue weighted by molar-refractivity contribution is 0.0693. The Kier molecular flexibility index (Phi) is 3.61. The summed E-state index contributed by atoms with van der Waals surface area (Å²) in [7, 11) is 1.44. The van der Waals surface area contributed by atoms with Crippen LogP contribution >= 0.6 is 0 Å². The summed E-state index contributed by atoms with van der Waals surface area (Å²) >= 11 is 0. The van der Waals surface area contributed by atoms with E-state index in [0.29, 0.717) is 5.75 Å². The first-order valence-electron chi connectivity index (χ1n) is 5.31. The predicted molar refractivity (Wildman–Crippen MR) is 64.2 cm³/mol. The van der Waals surface area contributed by atoms with Gasteiger partial charge in [-0.2, -0.15) is 0 Å². The van der Waals surface area contributed by atoms with Crippen LogP contribution in [0.3, 0.4) is 0 Å². The molecular weight excluding hydrogens is 253 g/mol. The average Bonchev–Trinajstić information content (AvgIpc) is 2.41. The number of halogens is 1. The molecule has 0 fully saturated rings. The molecule has 5 nitrogen and oxygen atoms in total. The molecule has 2 aromatic rings. The van der Waals surface area contributed by atoms with Crippen LogP contribution in [0.1, 0.15) is 10.4 Å². The fourth-order valence-corrected chi connectivity index (χ4v) is 1.47. The van der Waals surface area contributed by atoms with Gasteiger partial charge in [0.25, 0.3) is 5.88 Å². The Bertz CT molecular complexity index is 615. The number of carboxylic acid groups (broad SMARTS) is 1. The second-order valence-electron chi connectivity index (χ2n) is 3.56. The molecule has 0 amide bonds. The Morgan fingerprint density at radius 1 is 1.32 bits per heavy atom. The summed E-state index contributed by atoms with van der Waals surface area (Å²) in [5, 5.41) is 9.00. The molecule has 98 valence electrons. The van der Waals surface area contributed by atoms with Crippen LogP contribution in [-0.2, 0) is 0 Å². The van der Waals surface area contributed by atoms with Gasteiger partial charge in [-0.1, -0.05) is 0 Å². The van der Waals surface area contributed by atoms with Crippen molar-refractivity contribution in [1.82, 2.24) is 4.98 Å². The van der Waals surface area contributed by atoms with Gasteiger partial charge in [-0.15, -0.1) is 0 Å². The number of pyridine rings is 1. The van der Waals surface area contributed by atoms with E-state index in [1.165, 1.54) is 19.4 Å². The van der Waals surface area contributed by atoms with E-state index in [-0.39, 0.29) is 17.2 Å². The van der Waals surface area contributed by atoms with Gasteiger partial charge in [0.2, 0.25) is 0 Å². The van der Waals surface area contributed by atoms with Gasteiger partial charge >= 0.3 is 5.97 Å². The van der Waals surface area contributed by atoms with Gasteiger partial charge in [-0.05, 0) is 30.3 Å². The van der Waals surface area contributed by atoms with E-state index in [4.69, 9.17) is 14.6 Å². The molecule has 0 atom stereocenters. The Balaban J connectivity index is 2.41. The molecule has 0 bridgehead atoms. The molecule has 6 heteroatoms. The fraction of sp³-hybridized carbons (Fsp3) is 0.0769. The molecule has 0 unspecified atom stereocenters. The molecule has 0 aliphatic carbocycles. The second kappa shape index (κ2) is 5.34. The number of rotatable bonds is 4. The van der Waals surface area contributed by atoms with Crippen molar-refractivity contribution in [2.75, 3.05) is 7.11 Å². The number of carboxylic acids is 1. The predicted octanol–water partition coefficient (Wildman–Crippen LogP) is 2.72. The van der Waals surface area contributed by atoms with Crippen LogP contribution in [0.15, 0.2) is 36.5 Å². The fourth-order valence-electron chi connectivity index (χ4n) is 1.47. The summed E-state index contributed by atoms with van der Waals surface area (Å²) in [5.74, 6) is -1.49. The first-order chi connectivity index (χ1) is 9.11. The normalized spacial score (nSPS) is 10.0. The smallest absolute Gasteiger partial charge is 0.339 e. The van der Waals surface area contributed by atoms with Gasteiger partial charge < -0.3 is 14.6 Å².